The molecule has 1 heterocycles. The van der Waals surface area contributed by atoms with Crippen LogP contribution in [0.15, 0.2) is 22.6 Å². The van der Waals surface area contributed by atoms with Gasteiger partial charge in [-0.3, -0.25) is 0 Å². The molecule has 0 saturated carbocycles. The van der Waals surface area contributed by atoms with Crippen LogP contribution in [-0.2, 0) is 6.42 Å². The predicted molar refractivity (Wildman–Crippen MR) is 75.0 cm³/mol. The summed E-state index contributed by atoms with van der Waals surface area (Å²) in [4.78, 5) is 6.45. The zero-order chi connectivity index (χ0) is 13.8. The zero-order valence-electron chi connectivity index (χ0n) is 11.5. The van der Waals surface area contributed by atoms with E-state index in [1.807, 2.05) is 20.0 Å². The average molecular weight is 263 g/mol. The lowest BCUT2D eigenvalue weighted by Gasteiger charge is -2.19. The third-order valence-electron chi connectivity index (χ3n) is 3.12. The summed E-state index contributed by atoms with van der Waals surface area (Å²) in [5, 5.41) is 8.92. The Bertz CT molecular complexity index is 538. The van der Waals surface area contributed by atoms with Gasteiger partial charge in [0.25, 0.3) is 0 Å². The summed E-state index contributed by atoms with van der Waals surface area (Å²) in [6.45, 7) is 3.47. The van der Waals surface area contributed by atoms with Gasteiger partial charge in [-0.25, -0.2) is 4.98 Å². The van der Waals surface area contributed by atoms with Gasteiger partial charge < -0.3 is 20.2 Å². The number of oxazole rings is 1. The third kappa shape index (κ3) is 3.76. The van der Waals surface area contributed by atoms with Gasteiger partial charge >= 0.3 is 0 Å². The molecule has 1 aromatic heterocycles. The van der Waals surface area contributed by atoms with Gasteiger partial charge in [-0.1, -0.05) is 6.07 Å². The van der Waals surface area contributed by atoms with Gasteiger partial charge in [0.05, 0.1) is 6.61 Å². The maximum absolute atomic E-state index is 8.92. The second-order valence-electron chi connectivity index (χ2n) is 4.99. The van der Waals surface area contributed by atoms with Crippen molar-refractivity contribution in [3.8, 4) is 0 Å². The molecule has 1 atom stereocenters. The first kappa shape index (κ1) is 14.0. The Morgan fingerprint density at radius 2 is 2.26 bits per heavy atom. The molecule has 2 aromatic rings. The monoisotopic (exact) mass is 263 g/mol. The SMILES string of the molecule is Cc1nc2cc(CCN(C)CC(N)CO)ccc2o1. The summed E-state index contributed by atoms with van der Waals surface area (Å²) in [6.07, 6.45) is 0.927. The minimum absolute atomic E-state index is 0.0223. The number of aryl methyl sites for hydroxylation is 1. The zero-order valence-corrected chi connectivity index (χ0v) is 11.5. The van der Waals surface area contributed by atoms with Crippen LogP contribution in [0.4, 0.5) is 0 Å². The first-order valence-electron chi connectivity index (χ1n) is 6.49. The van der Waals surface area contributed by atoms with Gasteiger partial charge in [0.2, 0.25) is 0 Å². The molecule has 0 aliphatic rings. The molecule has 19 heavy (non-hydrogen) atoms. The smallest absolute Gasteiger partial charge is 0.192 e. The molecular weight excluding hydrogens is 242 g/mol. The number of hydrogen-bond acceptors (Lipinski definition) is 5. The highest BCUT2D eigenvalue weighted by Gasteiger charge is 2.07. The Kier molecular flexibility index (Phi) is 4.52. The van der Waals surface area contributed by atoms with Gasteiger partial charge in [0, 0.05) is 26.1 Å². The number of benzene rings is 1. The lowest BCUT2D eigenvalue weighted by Crippen LogP contribution is -2.38. The minimum Gasteiger partial charge on any atom is -0.441 e. The summed E-state index contributed by atoms with van der Waals surface area (Å²) in [5.74, 6) is 0.693. The Morgan fingerprint density at radius 3 is 3.00 bits per heavy atom. The largest absolute Gasteiger partial charge is 0.441 e. The highest BCUT2D eigenvalue weighted by Crippen LogP contribution is 2.17. The number of aliphatic hydroxyl groups is 1. The fourth-order valence-corrected chi connectivity index (χ4v) is 2.11. The molecular formula is C14H21N3O2. The van der Waals surface area contributed by atoms with Crippen LogP contribution >= 0.6 is 0 Å². The molecule has 0 aliphatic heterocycles. The number of aromatic nitrogens is 1. The number of fused-ring (bicyclic) bond motifs is 1. The summed E-state index contributed by atoms with van der Waals surface area (Å²) in [6, 6.07) is 5.91. The van der Waals surface area contributed by atoms with Crippen LogP contribution in [0.1, 0.15) is 11.5 Å². The molecule has 5 heteroatoms. The molecule has 3 N–H and O–H groups in total. The van der Waals surface area contributed by atoms with E-state index >= 15 is 0 Å². The maximum Gasteiger partial charge on any atom is 0.192 e. The van der Waals surface area contributed by atoms with Crippen LogP contribution in [0.3, 0.4) is 0 Å². The molecule has 104 valence electrons. The summed E-state index contributed by atoms with van der Waals surface area (Å²) < 4.78 is 5.45. The van der Waals surface area contributed by atoms with Crippen LogP contribution in [0.25, 0.3) is 11.1 Å². The summed E-state index contributed by atoms with van der Waals surface area (Å²) in [5.41, 5.74) is 8.67. The van der Waals surface area contributed by atoms with Crippen molar-refractivity contribution in [2.45, 2.75) is 19.4 Å². The van der Waals surface area contributed by atoms with Gasteiger partial charge in [-0.15, -0.1) is 0 Å². The average Bonchev–Trinajstić information content (AvgIpc) is 2.75. The van der Waals surface area contributed by atoms with Crippen molar-refractivity contribution in [2.24, 2.45) is 5.73 Å². The van der Waals surface area contributed by atoms with Crippen molar-refractivity contribution in [2.75, 3.05) is 26.7 Å². The molecule has 1 unspecified atom stereocenters. The minimum atomic E-state index is -0.175. The van der Waals surface area contributed by atoms with Crippen molar-refractivity contribution in [3.05, 3.63) is 29.7 Å². The normalized spacial score (nSPS) is 13.3. The molecule has 5 nitrogen and oxygen atoms in total. The van der Waals surface area contributed by atoms with Crippen LogP contribution in [0.2, 0.25) is 0 Å². The maximum atomic E-state index is 8.92. The van der Waals surface area contributed by atoms with Crippen molar-refractivity contribution in [3.63, 3.8) is 0 Å². The quantitative estimate of drug-likeness (QED) is 0.811. The highest BCUT2D eigenvalue weighted by molar-refractivity contribution is 5.73. The third-order valence-corrected chi connectivity index (χ3v) is 3.12. The van der Waals surface area contributed by atoms with Gasteiger partial charge in [0.15, 0.2) is 11.5 Å². The first-order chi connectivity index (χ1) is 9.08. The van der Waals surface area contributed by atoms with Crippen LogP contribution in [0.5, 0.6) is 0 Å². The van der Waals surface area contributed by atoms with Crippen LogP contribution < -0.4 is 5.73 Å². The lowest BCUT2D eigenvalue weighted by molar-refractivity contribution is 0.223. The van der Waals surface area contributed by atoms with E-state index < -0.39 is 0 Å². The molecule has 1 aromatic carbocycles. The number of likely N-dealkylation sites (N-methyl/N-ethyl adjacent to an activating group) is 1. The fourth-order valence-electron chi connectivity index (χ4n) is 2.11. The van der Waals surface area contributed by atoms with E-state index in [0.29, 0.717) is 12.4 Å². The fraction of sp³-hybridized carbons (Fsp3) is 0.500. The summed E-state index contributed by atoms with van der Waals surface area (Å²) >= 11 is 0. The number of rotatable bonds is 6. The van der Waals surface area contributed by atoms with Gasteiger partial charge in [-0.2, -0.15) is 0 Å². The van der Waals surface area contributed by atoms with Gasteiger partial charge in [-0.05, 0) is 31.2 Å². The lowest BCUT2D eigenvalue weighted by atomic mass is 10.1. The van der Waals surface area contributed by atoms with E-state index in [9.17, 15) is 0 Å². The molecule has 0 spiro atoms. The molecule has 0 saturated heterocycles. The molecule has 0 fully saturated rings. The number of nitrogens with two attached hydrogens (primary N) is 1. The number of aliphatic hydroxyl groups excluding tert-OH is 1. The van der Waals surface area contributed by atoms with Crippen LogP contribution in [0, 0.1) is 6.92 Å². The van der Waals surface area contributed by atoms with E-state index in [1.165, 1.54) is 5.56 Å². The second kappa shape index (κ2) is 6.14. The standard InChI is InChI=1S/C14H21N3O2/c1-10-16-13-7-11(3-4-14(13)19-10)5-6-17(2)8-12(15)9-18/h3-4,7,12,18H,5-6,8-9,15H2,1-2H3. The second-order valence-corrected chi connectivity index (χ2v) is 4.99. The highest BCUT2D eigenvalue weighted by atomic mass is 16.3. The van der Waals surface area contributed by atoms with E-state index in [0.717, 1.165) is 24.1 Å². The van der Waals surface area contributed by atoms with Gasteiger partial charge in [0.1, 0.15) is 5.52 Å². The molecule has 2 rings (SSSR count). The number of nitrogens with zero attached hydrogens (tertiary/aromatic N) is 2. The Hall–Kier alpha value is -1.43. The molecule has 0 bridgehead atoms. The predicted octanol–water partition coefficient (Wildman–Crippen LogP) is 0.930. The van der Waals surface area contributed by atoms with E-state index in [-0.39, 0.29) is 12.6 Å². The molecule has 0 aliphatic carbocycles. The van der Waals surface area contributed by atoms with E-state index in [1.54, 1.807) is 0 Å². The molecule has 0 radical (unpaired) electrons. The van der Waals surface area contributed by atoms with Crippen molar-refractivity contribution < 1.29 is 9.52 Å². The number of hydrogen-bond donors (Lipinski definition) is 2. The van der Waals surface area contributed by atoms with Crippen LogP contribution in [-0.4, -0.2) is 47.8 Å². The summed E-state index contributed by atoms with van der Waals surface area (Å²) in [7, 11) is 2.01. The Morgan fingerprint density at radius 1 is 1.47 bits per heavy atom. The Balaban J connectivity index is 1.94. The van der Waals surface area contributed by atoms with Crippen molar-refractivity contribution in [1.82, 2.24) is 9.88 Å². The van der Waals surface area contributed by atoms with E-state index in [2.05, 4.69) is 22.0 Å². The Labute approximate surface area is 113 Å². The molecule has 0 amide bonds. The van der Waals surface area contributed by atoms with E-state index in [4.69, 9.17) is 15.3 Å². The topological polar surface area (TPSA) is 75.5 Å². The van der Waals surface area contributed by atoms with Crippen molar-refractivity contribution >= 4 is 11.1 Å². The first-order valence-corrected chi connectivity index (χ1v) is 6.49. The van der Waals surface area contributed by atoms with Crippen molar-refractivity contribution in [1.29, 1.82) is 0 Å².